The summed E-state index contributed by atoms with van der Waals surface area (Å²) < 4.78 is 0. The van der Waals surface area contributed by atoms with Crippen LogP contribution in [0.1, 0.15) is 30.9 Å². The molecule has 1 aliphatic rings. The molecule has 2 N–H and O–H groups in total. The van der Waals surface area contributed by atoms with Crippen molar-refractivity contribution in [1.29, 1.82) is 0 Å². The molecule has 5 nitrogen and oxygen atoms in total. The Morgan fingerprint density at radius 2 is 1.83 bits per heavy atom. The first kappa shape index (κ1) is 20.5. The van der Waals surface area contributed by atoms with Crippen LogP contribution in [0.4, 0.5) is 5.69 Å². The molecule has 0 heterocycles. The minimum atomic E-state index is -0.153. The number of amides is 2. The molecule has 0 spiro atoms. The zero-order valence-corrected chi connectivity index (χ0v) is 15.5. The van der Waals surface area contributed by atoms with Gasteiger partial charge in [-0.25, -0.2) is 0 Å². The largest absolute Gasteiger partial charge is 0.333 e. The fourth-order valence-corrected chi connectivity index (χ4v) is 2.56. The number of para-hydroxylation sites is 1. The number of nitrogens with one attached hydrogen (secondary N) is 2. The van der Waals surface area contributed by atoms with Crippen molar-refractivity contribution in [1.82, 2.24) is 10.2 Å². The number of hydrogen-bond acceptors (Lipinski definition) is 3. The summed E-state index contributed by atoms with van der Waals surface area (Å²) in [7, 11) is 0. The van der Waals surface area contributed by atoms with Gasteiger partial charge in [0.2, 0.25) is 11.8 Å². The van der Waals surface area contributed by atoms with Gasteiger partial charge in [-0.05, 0) is 57.2 Å². The molecular formula is C18H28ClN3O2. The predicted molar refractivity (Wildman–Crippen MR) is 99.6 cm³/mol. The highest BCUT2D eigenvalue weighted by atomic mass is 35.5. The van der Waals surface area contributed by atoms with Crippen LogP contribution in [0.2, 0.25) is 0 Å². The predicted octanol–water partition coefficient (Wildman–Crippen LogP) is 2.51. The fourth-order valence-electron chi connectivity index (χ4n) is 2.56. The average molecular weight is 354 g/mol. The average Bonchev–Trinajstić information content (AvgIpc) is 3.33. The third-order valence-corrected chi connectivity index (χ3v) is 4.22. The molecule has 0 saturated heterocycles. The molecule has 0 bridgehead atoms. The first-order valence-corrected chi connectivity index (χ1v) is 8.35. The topological polar surface area (TPSA) is 61.4 Å². The SMILES string of the molecule is CCN(CC(=O)Nc1c(C)cccc1C)C(=O)CNCC1CC1.Cl. The van der Waals surface area contributed by atoms with E-state index in [2.05, 4.69) is 10.6 Å². The lowest BCUT2D eigenvalue weighted by molar-refractivity contribution is -0.133. The summed E-state index contributed by atoms with van der Waals surface area (Å²) in [6.45, 7) is 7.66. The number of hydrogen-bond donors (Lipinski definition) is 2. The van der Waals surface area contributed by atoms with Crippen molar-refractivity contribution in [3.63, 3.8) is 0 Å². The second-order valence-electron chi connectivity index (χ2n) is 6.30. The molecule has 134 valence electrons. The molecule has 1 fully saturated rings. The number of halogens is 1. The van der Waals surface area contributed by atoms with Crippen LogP contribution in [0.15, 0.2) is 18.2 Å². The van der Waals surface area contributed by atoms with Gasteiger partial charge in [0.25, 0.3) is 0 Å². The monoisotopic (exact) mass is 353 g/mol. The van der Waals surface area contributed by atoms with Gasteiger partial charge >= 0.3 is 0 Å². The van der Waals surface area contributed by atoms with Crippen LogP contribution < -0.4 is 10.6 Å². The van der Waals surface area contributed by atoms with Gasteiger partial charge in [-0.15, -0.1) is 12.4 Å². The maximum Gasteiger partial charge on any atom is 0.244 e. The summed E-state index contributed by atoms with van der Waals surface area (Å²) in [5.74, 6) is 0.565. The summed E-state index contributed by atoms with van der Waals surface area (Å²) in [5.41, 5.74) is 2.89. The molecule has 0 atom stereocenters. The summed E-state index contributed by atoms with van der Waals surface area (Å²) >= 11 is 0. The van der Waals surface area contributed by atoms with Crippen LogP contribution in [0.3, 0.4) is 0 Å². The Balaban J connectivity index is 0.00000288. The Bertz CT molecular complexity index is 553. The van der Waals surface area contributed by atoms with Gasteiger partial charge in [-0.2, -0.15) is 0 Å². The molecule has 0 aromatic heterocycles. The van der Waals surface area contributed by atoms with Crippen LogP contribution in [-0.4, -0.2) is 42.9 Å². The van der Waals surface area contributed by atoms with E-state index in [1.807, 2.05) is 39.0 Å². The number of aryl methyl sites for hydroxylation is 2. The van der Waals surface area contributed by atoms with Gasteiger partial charge in [0, 0.05) is 12.2 Å². The van der Waals surface area contributed by atoms with E-state index in [-0.39, 0.29) is 30.8 Å². The molecule has 1 aliphatic carbocycles. The van der Waals surface area contributed by atoms with E-state index in [4.69, 9.17) is 0 Å². The number of likely N-dealkylation sites (N-methyl/N-ethyl adjacent to an activating group) is 1. The second kappa shape index (κ2) is 9.64. The molecule has 0 unspecified atom stereocenters. The van der Waals surface area contributed by atoms with E-state index in [1.165, 1.54) is 12.8 Å². The third-order valence-electron chi connectivity index (χ3n) is 4.22. The fraction of sp³-hybridized carbons (Fsp3) is 0.556. The molecule has 2 rings (SSSR count). The highest BCUT2D eigenvalue weighted by Gasteiger charge is 2.22. The van der Waals surface area contributed by atoms with Crippen LogP contribution >= 0.6 is 12.4 Å². The normalized spacial score (nSPS) is 13.1. The smallest absolute Gasteiger partial charge is 0.244 e. The highest BCUT2D eigenvalue weighted by molar-refractivity contribution is 5.96. The van der Waals surface area contributed by atoms with Crippen molar-refractivity contribution in [2.75, 3.05) is 31.5 Å². The Morgan fingerprint density at radius 3 is 2.38 bits per heavy atom. The van der Waals surface area contributed by atoms with E-state index in [1.54, 1.807) is 4.90 Å². The van der Waals surface area contributed by atoms with Crippen LogP contribution in [0.5, 0.6) is 0 Å². The van der Waals surface area contributed by atoms with Gasteiger partial charge in [-0.3, -0.25) is 9.59 Å². The van der Waals surface area contributed by atoms with Gasteiger partial charge in [-0.1, -0.05) is 18.2 Å². The number of rotatable bonds is 8. The van der Waals surface area contributed by atoms with Crippen molar-refractivity contribution in [2.24, 2.45) is 5.92 Å². The van der Waals surface area contributed by atoms with E-state index in [0.717, 1.165) is 29.3 Å². The zero-order valence-electron chi connectivity index (χ0n) is 14.7. The van der Waals surface area contributed by atoms with Crippen molar-refractivity contribution < 1.29 is 9.59 Å². The Morgan fingerprint density at radius 1 is 1.21 bits per heavy atom. The standard InChI is InChI=1S/C18H27N3O2.ClH/c1-4-21(17(23)11-19-10-15-8-9-15)12-16(22)20-18-13(2)6-5-7-14(18)3;/h5-7,15,19H,4,8-12H2,1-3H3,(H,20,22);1H. The summed E-state index contributed by atoms with van der Waals surface area (Å²) in [4.78, 5) is 26.0. The number of carbonyl (C=O) groups excluding carboxylic acids is 2. The summed E-state index contributed by atoms with van der Waals surface area (Å²) in [6, 6.07) is 5.90. The van der Waals surface area contributed by atoms with Gasteiger partial charge < -0.3 is 15.5 Å². The first-order valence-electron chi connectivity index (χ1n) is 8.35. The number of anilines is 1. The van der Waals surface area contributed by atoms with Crippen molar-refractivity contribution >= 4 is 29.9 Å². The van der Waals surface area contributed by atoms with E-state index < -0.39 is 0 Å². The Hall–Kier alpha value is -1.59. The number of benzene rings is 1. The molecule has 1 aromatic rings. The van der Waals surface area contributed by atoms with Gasteiger partial charge in [0.05, 0.1) is 13.1 Å². The molecule has 24 heavy (non-hydrogen) atoms. The Labute approximate surface area is 150 Å². The van der Waals surface area contributed by atoms with E-state index >= 15 is 0 Å². The molecule has 0 radical (unpaired) electrons. The quantitative estimate of drug-likeness (QED) is 0.755. The van der Waals surface area contributed by atoms with Gasteiger partial charge in [0.1, 0.15) is 0 Å². The minimum absolute atomic E-state index is 0. The highest BCUT2D eigenvalue weighted by Crippen LogP contribution is 2.27. The lowest BCUT2D eigenvalue weighted by Gasteiger charge is -2.21. The maximum atomic E-state index is 12.3. The molecule has 1 saturated carbocycles. The molecule has 2 amide bonds. The van der Waals surface area contributed by atoms with Crippen LogP contribution in [-0.2, 0) is 9.59 Å². The minimum Gasteiger partial charge on any atom is -0.333 e. The Kier molecular flexibility index (Phi) is 8.22. The lowest BCUT2D eigenvalue weighted by Crippen LogP contribution is -2.42. The van der Waals surface area contributed by atoms with Crippen LogP contribution in [0, 0.1) is 19.8 Å². The first-order chi connectivity index (χ1) is 11.0. The summed E-state index contributed by atoms with van der Waals surface area (Å²) in [6.07, 6.45) is 2.52. The number of nitrogens with zero attached hydrogens (tertiary/aromatic N) is 1. The van der Waals surface area contributed by atoms with E-state index in [0.29, 0.717) is 13.1 Å². The van der Waals surface area contributed by atoms with Gasteiger partial charge in [0.15, 0.2) is 0 Å². The lowest BCUT2D eigenvalue weighted by atomic mass is 10.1. The van der Waals surface area contributed by atoms with E-state index in [9.17, 15) is 9.59 Å². The molecule has 6 heteroatoms. The second-order valence-corrected chi connectivity index (χ2v) is 6.30. The van der Waals surface area contributed by atoms with Crippen molar-refractivity contribution in [3.8, 4) is 0 Å². The number of carbonyl (C=O) groups is 2. The van der Waals surface area contributed by atoms with Crippen LogP contribution in [0.25, 0.3) is 0 Å². The molecule has 0 aliphatic heterocycles. The van der Waals surface area contributed by atoms with Crippen molar-refractivity contribution in [2.45, 2.75) is 33.6 Å². The van der Waals surface area contributed by atoms with Crippen molar-refractivity contribution in [3.05, 3.63) is 29.3 Å². The molecule has 1 aromatic carbocycles. The summed E-state index contributed by atoms with van der Waals surface area (Å²) in [5, 5.41) is 6.11. The zero-order chi connectivity index (χ0) is 16.8. The maximum absolute atomic E-state index is 12.3. The molecular weight excluding hydrogens is 326 g/mol. The third kappa shape index (κ3) is 6.13.